The molecule has 0 saturated carbocycles. The summed E-state index contributed by atoms with van der Waals surface area (Å²) in [7, 11) is 0. The fourth-order valence-corrected chi connectivity index (χ4v) is 3.93. The first-order valence-electron chi connectivity index (χ1n) is 9.76. The second kappa shape index (κ2) is 10.1. The summed E-state index contributed by atoms with van der Waals surface area (Å²) in [5, 5.41) is 3.58. The summed E-state index contributed by atoms with van der Waals surface area (Å²) >= 11 is 24.0. The molecule has 10 heteroatoms. The van der Waals surface area contributed by atoms with Crippen LogP contribution in [0.5, 0.6) is 5.75 Å². The van der Waals surface area contributed by atoms with E-state index in [0.29, 0.717) is 21.4 Å². The molecule has 0 radical (unpaired) electrons. The Morgan fingerprint density at radius 3 is 2.38 bits per heavy atom. The van der Waals surface area contributed by atoms with Crippen molar-refractivity contribution < 1.29 is 19.1 Å². The van der Waals surface area contributed by atoms with Gasteiger partial charge in [-0.05, 0) is 54.1 Å². The van der Waals surface area contributed by atoms with E-state index in [9.17, 15) is 14.4 Å². The molecular weight excluding hydrogens is 522 g/mol. The Morgan fingerprint density at radius 2 is 1.65 bits per heavy atom. The summed E-state index contributed by atoms with van der Waals surface area (Å²) in [6.45, 7) is 0.190. The van der Waals surface area contributed by atoms with Gasteiger partial charge in [0.15, 0.2) is 0 Å². The Bertz CT molecular complexity index is 1360. The van der Waals surface area contributed by atoms with Gasteiger partial charge in [-0.15, -0.1) is 0 Å². The lowest BCUT2D eigenvalue weighted by Gasteiger charge is -2.26. The monoisotopic (exact) mass is 534 g/mol. The van der Waals surface area contributed by atoms with Crippen molar-refractivity contribution in [1.82, 2.24) is 5.32 Å². The molecule has 0 unspecified atom stereocenters. The largest absolute Gasteiger partial charge is 0.489 e. The van der Waals surface area contributed by atoms with Crippen LogP contribution in [0.25, 0.3) is 6.08 Å². The van der Waals surface area contributed by atoms with E-state index in [0.717, 1.165) is 10.5 Å². The minimum absolute atomic E-state index is 0.160. The first-order chi connectivity index (χ1) is 16.2. The number of urea groups is 1. The average Bonchev–Trinajstić information content (AvgIpc) is 2.78. The van der Waals surface area contributed by atoms with Crippen LogP contribution in [-0.2, 0) is 16.2 Å². The summed E-state index contributed by atoms with van der Waals surface area (Å²) in [6.07, 6.45) is 1.37. The summed E-state index contributed by atoms with van der Waals surface area (Å²) < 4.78 is 5.79. The number of barbiturate groups is 1. The SMILES string of the molecule is O=C1NC(=O)N(c2ccc(Cl)c(Cl)c2)C(=O)/C1=C\c1cccc(OCc2ccc(Cl)cc2Cl)c1. The van der Waals surface area contributed by atoms with Gasteiger partial charge in [0.1, 0.15) is 17.9 Å². The predicted octanol–water partition coefficient (Wildman–Crippen LogP) is 6.55. The highest BCUT2D eigenvalue weighted by Crippen LogP contribution is 2.30. The number of nitrogens with zero attached hydrogens (tertiary/aromatic N) is 1. The molecule has 3 aromatic carbocycles. The number of rotatable bonds is 5. The Balaban J connectivity index is 1.58. The van der Waals surface area contributed by atoms with Gasteiger partial charge in [-0.25, -0.2) is 9.69 Å². The number of amides is 4. The van der Waals surface area contributed by atoms with Crippen molar-refractivity contribution in [1.29, 1.82) is 0 Å². The lowest BCUT2D eigenvalue weighted by atomic mass is 10.1. The standard InChI is InChI=1S/C24H14Cl4N2O4/c25-15-5-4-14(20(27)10-15)12-34-17-3-1-2-13(8-17)9-18-22(31)29-24(33)30(23(18)32)16-6-7-19(26)21(28)11-16/h1-11H,12H2,(H,29,31,33)/b18-9-. The molecule has 0 aromatic heterocycles. The van der Waals surface area contributed by atoms with E-state index in [4.69, 9.17) is 51.1 Å². The molecule has 0 atom stereocenters. The number of ether oxygens (including phenoxy) is 1. The van der Waals surface area contributed by atoms with Crippen molar-refractivity contribution in [3.05, 3.63) is 97.5 Å². The number of carbonyl (C=O) groups excluding carboxylic acids is 3. The van der Waals surface area contributed by atoms with Crippen LogP contribution < -0.4 is 15.0 Å². The molecule has 0 spiro atoms. The Morgan fingerprint density at radius 1 is 0.853 bits per heavy atom. The second-order valence-corrected chi connectivity index (χ2v) is 8.81. The molecule has 4 rings (SSSR count). The van der Waals surface area contributed by atoms with E-state index in [-0.39, 0.29) is 27.9 Å². The Labute approximate surface area is 214 Å². The van der Waals surface area contributed by atoms with Crippen LogP contribution in [0.3, 0.4) is 0 Å². The normalized spacial score (nSPS) is 15.0. The number of hydrogen-bond donors (Lipinski definition) is 1. The number of benzene rings is 3. The van der Waals surface area contributed by atoms with E-state index >= 15 is 0 Å². The Hall–Kier alpha value is -3.03. The van der Waals surface area contributed by atoms with E-state index < -0.39 is 17.8 Å². The molecule has 1 N–H and O–H groups in total. The van der Waals surface area contributed by atoms with Crippen LogP contribution in [0.4, 0.5) is 10.5 Å². The molecule has 0 bridgehead atoms. The van der Waals surface area contributed by atoms with Crippen LogP contribution >= 0.6 is 46.4 Å². The molecule has 1 aliphatic rings. The minimum atomic E-state index is -0.887. The first-order valence-corrected chi connectivity index (χ1v) is 11.3. The summed E-state index contributed by atoms with van der Waals surface area (Å²) in [4.78, 5) is 38.7. The van der Waals surface area contributed by atoms with Crippen molar-refractivity contribution in [2.45, 2.75) is 6.61 Å². The lowest BCUT2D eigenvalue weighted by Crippen LogP contribution is -2.54. The van der Waals surface area contributed by atoms with Crippen molar-refractivity contribution in [3.63, 3.8) is 0 Å². The van der Waals surface area contributed by atoms with Gasteiger partial charge in [-0.2, -0.15) is 0 Å². The van der Waals surface area contributed by atoms with Gasteiger partial charge in [0, 0.05) is 15.6 Å². The smallest absolute Gasteiger partial charge is 0.335 e. The van der Waals surface area contributed by atoms with Crippen molar-refractivity contribution in [2.24, 2.45) is 0 Å². The predicted molar refractivity (Wildman–Crippen MR) is 133 cm³/mol. The minimum Gasteiger partial charge on any atom is -0.489 e. The zero-order valence-corrected chi connectivity index (χ0v) is 20.2. The topological polar surface area (TPSA) is 75.7 Å². The second-order valence-electron chi connectivity index (χ2n) is 7.15. The summed E-state index contributed by atoms with van der Waals surface area (Å²) in [6, 6.07) is 15.2. The van der Waals surface area contributed by atoms with E-state index in [1.54, 1.807) is 42.5 Å². The van der Waals surface area contributed by atoms with Crippen molar-refractivity contribution >= 4 is 76.0 Å². The molecule has 172 valence electrons. The fraction of sp³-hybridized carbons (Fsp3) is 0.0417. The van der Waals surface area contributed by atoms with Gasteiger partial charge in [0.25, 0.3) is 11.8 Å². The van der Waals surface area contributed by atoms with Gasteiger partial charge in [0.05, 0.1) is 15.7 Å². The fourth-order valence-electron chi connectivity index (χ4n) is 3.18. The molecule has 34 heavy (non-hydrogen) atoms. The quantitative estimate of drug-likeness (QED) is 0.297. The lowest BCUT2D eigenvalue weighted by molar-refractivity contribution is -0.122. The Kier molecular flexibility index (Phi) is 7.14. The highest BCUT2D eigenvalue weighted by Gasteiger charge is 2.37. The molecule has 1 fully saturated rings. The maximum absolute atomic E-state index is 13.1. The third-order valence-electron chi connectivity index (χ3n) is 4.84. The van der Waals surface area contributed by atoms with Crippen molar-refractivity contribution in [2.75, 3.05) is 4.90 Å². The third kappa shape index (κ3) is 5.21. The number of anilines is 1. The zero-order valence-electron chi connectivity index (χ0n) is 17.2. The molecule has 1 saturated heterocycles. The number of nitrogens with one attached hydrogen (secondary N) is 1. The summed E-state index contributed by atoms with van der Waals surface area (Å²) in [5.41, 5.74) is 1.20. The van der Waals surface area contributed by atoms with Gasteiger partial charge in [0.2, 0.25) is 0 Å². The maximum Gasteiger partial charge on any atom is 0.335 e. The number of halogens is 4. The van der Waals surface area contributed by atoms with Gasteiger partial charge in [-0.3, -0.25) is 14.9 Å². The van der Waals surface area contributed by atoms with E-state index in [2.05, 4.69) is 5.32 Å². The van der Waals surface area contributed by atoms with Crippen LogP contribution in [-0.4, -0.2) is 17.8 Å². The highest BCUT2D eigenvalue weighted by molar-refractivity contribution is 6.43. The van der Waals surface area contributed by atoms with Crippen LogP contribution in [0.15, 0.2) is 66.2 Å². The molecule has 3 aromatic rings. The van der Waals surface area contributed by atoms with Crippen LogP contribution in [0.2, 0.25) is 20.1 Å². The molecule has 1 heterocycles. The maximum atomic E-state index is 13.1. The third-order valence-corrected chi connectivity index (χ3v) is 6.17. The summed E-state index contributed by atoms with van der Waals surface area (Å²) in [5.74, 6) is -1.13. The van der Waals surface area contributed by atoms with Crippen LogP contribution in [0, 0.1) is 0 Å². The number of imide groups is 2. The zero-order chi connectivity index (χ0) is 24.4. The number of hydrogen-bond acceptors (Lipinski definition) is 4. The first kappa shape index (κ1) is 24.1. The molecular formula is C24H14Cl4N2O4. The van der Waals surface area contributed by atoms with Gasteiger partial charge in [-0.1, -0.05) is 64.6 Å². The van der Waals surface area contributed by atoms with Gasteiger partial charge >= 0.3 is 6.03 Å². The average molecular weight is 536 g/mol. The highest BCUT2D eigenvalue weighted by atomic mass is 35.5. The molecule has 4 amide bonds. The van der Waals surface area contributed by atoms with E-state index in [1.807, 2.05) is 0 Å². The molecule has 1 aliphatic heterocycles. The molecule has 0 aliphatic carbocycles. The van der Waals surface area contributed by atoms with Gasteiger partial charge < -0.3 is 4.74 Å². The van der Waals surface area contributed by atoms with Crippen molar-refractivity contribution in [3.8, 4) is 5.75 Å². The number of carbonyl (C=O) groups is 3. The molecule has 6 nitrogen and oxygen atoms in total. The van der Waals surface area contributed by atoms with Crippen LogP contribution in [0.1, 0.15) is 11.1 Å². The van der Waals surface area contributed by atoms with E-state index in [1.165, 1.54) is 24.3 Å².